The van der Waals surface area contributed by atoms with Gasteiger partial charge in [-0.05, 0) is 29.3 Å². The molecule has 0 aliphatic heterocycles. The Balaban J connectivity index is 1.56. The van der Waals surface area contributed by atoms with E-state index in [1.54, 1.807) is 12.1 Å². The number of carboxylic acids is 1. The van der Waals surface area contributed by atoms with E-state index in [9.17, 15) is 9.59 Å². The van der Waals surface area contributed by atoms with Gasteiger partial charge in [0.25, 0.3) is 5.91 Å². The van der Waals surface area contributed by atoms with Gasteiger partial charge in [-0.3, -0.25) is 4.79 Å². The minimum atomic E-state index is -0.996. The third kappa shape index (κ3) is 5.04. The SMILES string of the molecule is O=C(COc1ccccc1-c1ccccc1)N/N=C\c1ccc(C(=O)O)cc1. The van der Waals surface area contributed by atoms with E-state index in [-0.39, 0.29) is 12.2 Å². The molecule has 2 N–H and O–H groups in total. The molecule has 0 aliphatic carbocycles. The van der Waals surface area contributed by atoms with Crippen LogP contribution in [0.5, 0.6) is 5.75 Å². The van der Waals surface area contributed by atoms with E-state index in [1.165, 1.54) is 18.3 Å². The van der Waals surface area contributed by atoms with Gasteiger partial charge < -0.3 is 9.84 Å². The summed E-state index contributed by atoms with van der Waals surface area (Å²) in [5.74, 6) is -0.789. The molecule has 28 heavy (non-hydrogen) atoms. The fourth-order valence-corrected chi connectivity index (χ4v) is 2.51. The summed E-state index contributed by atoms with van der Waals surface area (Å²) in [4.78, 5) is 22.8. The second-order valence-corrected chi connectivity index (χ2v) is 5.87. The molecule has 0 bridgehead atoms. The zero-order valence-corrected chi connectivity index (χ0v) is 14.9. The molecule has 3 aromatic carbocycles. The van der Waals surface area contributed by atoms with Crippen LogP contribution in [0.2, 0.25) is 0 Å². The molecule has 3 rings (SSSR count). The van der Waals surface area contributed by atoms with Crippen LogP contribution in [-0.4, -0.2) is 29.8 Å². The smallest absolute Gasteiger partial charge is 0.335 e. The number of hydrogen-bond acceptors (Lipinski definition) is 4. The second kappa shape index (κ2) is 9.14. The maximum absolute atomic E-state index is 12.0. The molecule has 0 radical (unpaired) electrons. The molecule has 0 fully saturated rings. The topological polar surface area (TPSA) is 88.0 Å². The highest BCUT2D eigenvalue weighted by atomic mass is 16.5. The Morgan fingerprint density at radius 3 is 2.32 bits per heavy atom. The first kappa shape index (κ1) is 18.8. The summed E-state index contributed by atoms with van der Waals surface area (Å²) < 4.78 is 5.65. The third-order valence-electron chi connectivity index (χ3n) is 3.89. The molecule has 0 saturated heterocycles. The van der Waals surface area contributed by atoms with Crippen LogP contribution in [0, 0.1) is 0 Å². The highest BCUT2D eigenvalue weighted by Crippen LogP contribution is 2.29. The van der Waals surface area contributed by atoms with Crippen molar-refractivity contribution in [1.82, 2.24) is 5.43 Å². The normalized spacial score (nSPS) is 10.6. The largest absolute Gasteiger partial charge is 0.483 e. The van der Waals surface area contributed by atoms with Crippen LogP contribution in [-0.2, 0) is 4.79 Å². The molecule has 3 aromatic rings. The van der Waals surface area contributed by atoms with Gasteiger partial charge in [0, 0.05) is 5.56 Å². The lowest BCUT2D eigenvalue weighted by Gasteiger charge is -2.10. The fraction of sp³-hybridized carbons (Fsp3) is 0.0455. The van der Waals surface area contributed by atoms with Crippen molar-refractivity contribution in [2.75, 3.05) is 6.61 Å². The number of aromatic carboxylic acids is 1. The van der Waals surface area contributed by atoms with Gasteiger partial charge >= 0.3 is 5.97 Å². The summed E-state index contributed by atoms with van der Waals surface area (Å²) in [5, 5.41) is 12.7. The van der Waals surface area contributed by atoms with Crippen molar-refractivity contribution in [3.63, 3.8) is 0 Å². The molecule has 0 atom stereocenters. The first-order valence-electron chi connectivity index (χ1n) is 8.56. The Morgan fingerprint density at radius 1 is 0.929 bits per heavy atom. The average molecular weight is 374 g/mol. The number of amides is 1. The van der Waals surface area contributed by atoms with E-state index in [1.807, 2.05) is 54.6 Å². The number of hydrogen-bond donors (Lipinski definition) is 2. The molecule has 6 heteroatoms. The van der Waals surface area contributed by atoms with E-state index >= 15 is 0 Å². The van der Waals surface area contributed by atoms with Crippen LogP contribution in [0.1, 0.15) is 15.9 Å². The number of carboxylic acid groups (broad SMARTS) is 1. The zero-order valence-electron chi connectivity index (χ0n) is 14.9. The number of carbonyl (C=O) groups excluding carboxylic acids is 1. The Kier molecular flexibility index (Phi) is 6.15. The van der Waals surface area contributed by atoms with Crippen molar-refractivity contribution in [2.24, 2.45) is 5.10 Å². The molecule has 6 nitrogen and oxygen atoms in total. The summed E-state index contributed by atoms with van der Waals surface area (Å²) in [7, 11) is 0. The van der Waals surface area contributed by atoms with Gasteiger partial charge in [-0.15, -0.1) is 0 Å². The Morgan fingerprint density at radius 2 is 1.61 bits per heavy atom. The maximum Gasteiger partial charge on any atom is 0.335 e. The van der Waals surface area contributed by atoms with Crippen LogP contribution < -0.4 is 10.2 Å². The number of nitrogens with one attached hydrogen (secondary N) is 1. The lowest BCUT2D eigenvalue weighted by atomic mass is 10.1. The van der Waals surface area contributed by atoms with Gasteiger partial charge in [-0.25, -0.2) is 10.2 Å². The number of rotatable bonds is 7. The van der Waals surface area contributed by atoms with Crippen LogP contribution in [0.25, 0.3) is 11.1 Å². The fourth-order valence-electron chi connectivity index (χ4n) is 2.51. The van der Waals surface area contributed by atoms with Crippen molar-refractivity contribution >= 4 is 18.1 Å². The van der Waals surface area contributed by atoms with Crippen molar-refractivity contribution in [3.05, 3.63) is 90.0 Å². The summed E-state index contributed by atoms with van der Waals surface area (Å²) in [6, 6.07) is 23.4. The summed E-state index contributed by atoms with van der Waals surface area (Å²) in [6.45, 7) is -0.181. The monoisotopic (exact) mass is 374 g/mol. The molecular weight excluding hydrogens is 356 g/mol. The maximum atomic E-state index is 12.0. The van der Waals surface area contributed by atoms with Crippen molar-refractivity contribution in [3.8, 4) is 16.9 Å². The number of hydrazone groups is 1. The minimum absolute atomic E-state index is 0.181. The lowest BCUT2D eigenvalue weighted by Crippen LogP contribution is -2.24. The Hall–Kier alpha value is -3.93. The van der Waals surface area contributed by atoms with Gasteiger partial charge in [-0.1, -0.05) is 60.7 Å². The van der Waals surface area contributed by atoms with E-state index < -0.39 is 11.9 Å². The molecular formula is C22H18N2O4. The highest BCUT2D eigenvalue weighted by Gasteiger charge is 2.07. The molecule has 0 aromatic heterocycles. The van der Waals surface area contributed by atoms with Gasteiger partial charge in [0.15, 0.2) is 6.61 Å². The van der Waals surface area contributed by atoms with Crippen molar-refractivity contribution < 1.29 is 19.4 Å². The van der Waals surface area contributed by atoms with Gasteiger partial charge in [-0.2, -0.15) is 5.10 Å². The molecule has 0 unspecified atom stereocenters. The van der Waals surface area contributed by atoms with E-state index in [0.29, 0.717) is 11.3 Å². The first-order chi connectivity index (χ1) is 13.6. The number of para-hydroxylation sites is 1. The predicted molar refractivity (Wildman–Crippen MR) is 107 cm³/mol. The summed E-state index contributed by atoms with van der Waals surface area (Å²) >= 11 is 0. The summed E-state index contributed by atoms with van der Waals surface area (Å²) in [5.41, 5.74) is 5.14. The molecule has 0 saturated carbocycles. The first-order valence-corrected chi connectivity index (χ1v) is 8.56. The van der Waals surface area contributed by atoms with Gasteiger partial charge in [0.05, 0.1) is 11.8 Å². The standard InChI is InChI=1S/C22H18N2O4/c25-21(24-23-14-16-10-12-18(13-11-16)22(26)27)15-28-20-9-5-4-8-19(20)17-6-2-1-3-7-17/h1-14H,15H2,(H,24,25)(H,26,27)/b23-14-. The molecule has 0 aliphatic rings. The van der Waals surface area contributed by atoms with E-state index in [2.05, 4.69) is 10.5 Å². The van der Waals surface area contributed by atoms with Crippen LogP contribution >= 0.6 is 0 Å². The Bertz CT molecular complexity index is 983. The summed E-state index contributed by atoms with van der Waals surface area (Å²) in [6.07, 6.45) is 1.43. The van der Waals surface area contributed by atoms with Crippen LogP contribution in [0.15, 0.2) is 84.0 Å². The number of nitrogens with zero attached hydrogens (tertiary/aromatic N) is 1. The van der Waals surface area contributed by atoms with E-state index in [4.69, 9.17) is 9.84 Å². The number of carbonyl (C=O) groups is 2. The Labute approximate surface area is 162 Å². The van der Waals surface area contributed by atoms with Gasteiger partial charge in [0.1, 0.15) is 5.75 Å². The van der Waals surface area contributed by atoms with Crippen molar-refractivity contribution in [1.29, 1.82) is 0 Å². The second-order valence-electron chi connectivity index (χ2n) is 5.87. The minimum Gasteiger partial charge on any atom is -0.483 e. The molecule has 0 spiro atoms. The van der Waals surface area contributed by atoms with E-state index in [0.717, 1.165) is 11.1 Å². The zero-order chi connectivity index (χ0) is 19.8. The van der Waals surface area contributed by atoms with Crippen molar-refractivity contribution in [2.45, 2.75) is 0 Å². The van der Waals surface area contributed by atoms with Crippen LogP contribution in [0.3, 0.4) is 0 Å². The third-order valence-corrected chi connectivity index (χ3v) is 3.89. The number of ether oxygens (including phenoxy) is 1. The molecule has 140 valence electrons. The quantitative estimate of drug-likeness (QED) is 0.489. The van der Waals surface area contributed by atoms with Gasteiger partial charge in [0.2, 0.25) is 0 Å². The molecule has 1 amide bonds. The highest BCUT2D eigenvalue weighted by molar-refractivity contribution is 5.89. The average Bonchev–Trinajstić information content (AvgIpc) is 2.73. The predicted octanol–water partition coefficient (Wildman–Crippen LogP) is 3.58. The van der Waals surface area contributed by atoms with Crippen LogP contribution in [0.4, 0.5) is 0 Å². The lowest BCUT2D eigenvalue weighted by molar-refractivity contribution is -0.123. The molecule has 0 heterocycles. The number of benzene rings is 3.